The van der Waals surface area contributed by atoms with E-state index in [9.17, 15) is 9.59 Å². The minimum absolute atomic E-state index is 0.128. The van der Waals surface area contributed by atoms with Crippen molar-refractivity contribution in [1.29, 1.82) is 0 Å². The lowest BCUT2D eigenvalue weighted by atomic mass is 9.82. The smallest absolute Gasteiger partial charge is 0.267 e. The highest BCUT2D eigenvalue weighted by Gasteiger charge is 2.32. The van der Waals surface area contributed by atoms with Crippen LogP contribution in [-0.4, -0.2) is 41.5 Å². The zero-order chi connectivity index (χ0) is 16.2. The fourth-order valence-electron chi connectivity index (χ4n) is 4.18. The minimum atomic E-state index is -0.179. The number of H-pyrrole nitrogens is 1. The first-order valence-electron chi connectivity index (χ1n) is 8.87. The Morgan fingerprint density at radius 3 is 2.91 bits per heavy atom. The maximum atomic E-state index is 12.2. The first-order chi connectivity index (χ1) is 11.1. The second kappa shape index (κ2) is 7.30. The van der Waals surface area contributed by atoms with Gasteiger partial charge in [0.1, 0.15) is 5.69 Å². The number of hydrogen-bond acceptors (Lipinski definition) is 3. The third kappa shape index (κ3) is 4.02. The summed E-state index contributed by atoms with van der Waals surface area (Å²) in [4.78, 5) is 29.3. The van der Waals surface area contributed by atoms with Gasteiger partial charge in [-0.25, -0.2) is 0 Å². The van der Waals surface area contributed by atoms with Crippen molar-refractivity contribution < 1.29 is 4.79 Å². The van der Waals surface area contributed by atoms with Crippen LogP contribution in [-0.2, 0) is 0 Å². The molecule has 0 unspecified atom stereocenters. The van der Waals surface area contributed by atoms with Gasteiger partial charge in [0.15, 0.2) is 5.43 Å². The summed E-state index contributed by atoms with van der Waals surface area (Å²) in [6.45, 7) is 4.97. The average Bonchev–Trinajstić information content (AvgIpc) is 2.54. The van der Waals surface area contributed by atoms with Crippen LogP contribution < -0.4 is 10.7 Å². The Hall–Kier alpha value is -1.62. The van der Waals surface area contributed by atoms with Crippen LogP contribution in [0.5, 0.6) is 0 Å². The molecule has 1 amide bonds. The van der Waals surface area contributed by atoms with E-state index < -0.39 is 0 Å². The molecule has 5 heteroatoms. The van der Waals surface area contributed by atoms with Crippen LogP contribution in [0.4, 0.5) is 0 Å². The number of nitrogens with one attached hydrogen (secondary N) is 2. The molecule has 2 saturated heterocycles. The molecule has 1 aromatic rings. The number of hydrogen-bond donors (Lipinski definition) is 2. The molecule has 3 heterocycles. The van der Waals surface area contributed by atoms with Gasteiger partial charge in [0, 0.05) is 30.4 Å². The highest BCUT2D eigenvalue weighted by Crippen LogP contribution is 2.32. The Morgan fingerprint density at radius 2 is 2.09 bits per heavy atom. The van der Waals surface area contributed by atoms with Crippen molar-refractivity contribution in [2.75, 3.05) is 19.6 Å². The minimum Gasteiger partial charge on any atom is -0.354 e. The molecule has 0 radical (unpaired) electrons. The molecule has 2 N–H and O–H groups in total. The molecular weight excluding hydrogens is 290 g/mol. The SMILES string of the molecule is Cc1cc(=O)cc(C(=O)NCC[C@@H]2CCCN3CCCC[C@H]23)[nH]1. The third-order valence-electron chi connectivity index (χ3n) is 5.25. The summed E-state index contributed by atoms with van der Waals surface area (Å²) in [5.41, 5.74) is 0.947. The number of piperidine rings is 2. The summed E-state index contributed by atoms with van der Waals surface area (Å²) in [6, 6.07) is 3.58. The van der Waals surface area contributed by atoms with E-state index >= 15 is 0 Å². The molecule has 126 valence electrons. The first-order valence-corrected chi connectivity index (χ1v) is 8.87. The van der Waals surface area contributed by atoms with Gasteiger partial charge in [0.2, 0.25) is 0 Å². The monoisotopic (exact) mass is 317 g/mol. The van der Waals surface area contributed by atoms with Crippen molar-refractivity contribution in [2.45, 2.75) is 51.5 Å². The van der Waals surface area contributed by atoms with Gasteiger partial charge in [-0.2, -0.15) is 0 Å². The van der Waals surface area contributed by atoms with Gasteiger partial charge >= 0.3 is 0 Å². The van der Waals surface area contributed by atoms with Crippen molar-refractivity contribution in [3.8, 4) is 0 Å². The molecular formula is C18H27N3O2. The van der Waals surface area contributed by atoms with E-state index in [0.717, 1.165) is 6.42 Å². The topological polar surface area (TPSA) is 65.2 Å². The number of pyridine rings is 1. The second-order valence-electron chi connectivity index (χ2n) is 6.96. The normalized spacial score (nSPS) is 24.9. The van der Waals surface area contributed by atoms with Crippen molar-refractivity contribution in [1.82, 2.24) is 15.2 Å². The molecule has 1 aromatic heterocycles. The summed E-state index contributed by atoms with van der Waals surface area (Å²) in [5.74, 6) is 0.517. The molecule has 2 fully saturated rings. The summed E-state index contributed by atoms with van der Waals surface area (Å²) in [7, 11) is 0. The number of carbonyl (C=O) groups is 1. The Balaban J connectivity index is 1.52. The first kappa shape index (κ1) is 16.2. The number of rotatable bonds is 4. The second-order valence-corrected chi connectivity index (χ2v) is 6.96. The van der Waals surface area contributed by atoms with Crippen LogP contribution in [0.3, 0.4) is 0 Å². The standard InChI is InChI=1S/C18H27N3O2/c1-13-11-15(22)12-16(20-13)18(23)19-8-7-14-5-4-10-21-9-3-2-6-17(14)21/h11-12,14,17H,2-10H2,1H3,(H,19,23)(H,20,22)/t14-,17+/m0/s1. The molecule has 0 bridgehead atoms. The maximum Gasteiger partial charge on any atom is 0.267 e. The van der Waals surface area contributed by atoms with Crippen molar-refractivity contribution in [3.05, 3.63) is 33.7 Å². The quantitative estimate of drug-likeness (QED) is 0.893. The maximum absolute atomic E-state index is 12.2. The van der Waals surface area contributed by atoms with E-state index in [-0.39, 0.29) is 11.3 Å². The van der Waals surface area contributed by atoms with Crippen molar-refractivity contribution >= 4 is 5.91 Å². The van der Waals surface area contributed by atoms with E-state index in [4.69, 9.17) is 0 Å². The Morgan fingerprint density at radius 1 is 1.26 bits per heavy atom. The number of carbonyl (C=O) groups excluding carboxylic acids is 1. The number of fused-ring (bicyclic) bond motifs is 1. The Labute approximate surface area is 137 Å². The largest absolute Gasteiger partial charge is 0.354 e. The van der Waals surface area contributed by atoms with Crippen molar-refractivity contribution in [3.63, 3.8) is 0 Å². The predicted octanol–water partition coefficient (Wildman–Crippen LogP) is 2.07. The molecule has 0 spiro atoms. The summed E-state index contributed by atoms with van der Waals surface area (Å²) < 4.78 is 0. The van der Waals surface area contributed by atoms with E-state index in [1.54, 1.807) is 6.92 Å². The van der Waals surface area contributed by atoms with E-state index in [1.165, 1.54) is 57.3 Å². The van der Waals surface area contributed by atoms with Crippen LogP contribution in [0.25, 0.3) is 0 Å². The van der Waals surface area contributed by atoms with Crippen molar-refractivity contribution in [2.24, 2.45) is 5.92 Å². The Kier molecular flexibility index (Phi) is 5.16. The fourth-order valence-corrected chi connectivity index (χ4v) is 4.18. The Bertz CT molecular complexity index is 609. The molecule has 5 nitrogen and oxygen atoms in total. The molecule has 0 saturated carbocycles. The third-order valence-corrected chi connectivity index (χ3v) is 5.25. The van der Waals surface area contributed by atoms with E-state index in [0.29, 0.717) is 29.9 Å². The van der Waals surface area contributed by atoms with Crippen LogP contribution in [0.15, 0.2) is 16.9 Å². The molecule has 2 aliphatic heterocycles. The predicted molar refractivity (Wildman–Crippen MR) is 90.7 cm³/mol. The molecule has 0 aliphatic carbocycles. The van der Waals surface area contributed by atoms with Gasteiger partial charge in [-0.15, -0.1) is 0 Å². The summed E-state index contributed by atoms with van der Waals surface area (Å²) in [6.07, 6.45) is 7.57. The average molecular weight is 317 g/mol. The van der Waals surface area contributed by atoms with Crippen LogP contribution in [0.1, 0.15) is 54.7 Å². The molecule has 2 atom stereocenters. The molecule has 2 aliphatic rings. The lowest BCUT2D eigenvalue weighted by Gasteiger charge is -2.44. The van der Waals surface area contributed by atoms with Gasteiger partial charge in [-0.05, 0) is 58.0 Å². The van der Waals surface area contributed by atoms with Crippen LogP contribution in [0, 0.1) is 12.8 Å². The van der Waals surface area contributed by atoms with E-state index in [1.807, 2.05) is 0 Å². The number of aromatic amines is 1. The van der Waals surface area contributed by atoms with Gasteiger partial charge in [-0.3, -0.25) is 9.59 Å². The molecule has 0 aromatic carbocycles. The molecule has 23 heavy (non-hydrogen) atoms. The summed E-state index contributed by atoms with van der Waals surface area (Å²) in [5, 5.41) is 2.97. The van der Waals surface area contributed by atoms with Crippen LogP contribution >= 0.6 is 0 Å². The number of aryl methyl sites for hydroxylation is 1. The number of nitrogens with zero attached hydrogens (tertiary/aromatic N) is 1. The lowest BCUT2D eigenvalue weighted by molar-refractivity contribution is 0.0554. The van der Waals surface area contributed by atoms with Gasteiger partial charge in [0.05, 0.1) is 0 Å². The van der Waals surface area contributed by atoms with Gasteiger partial charge in [-0.1, -0.05) is 6.42 Å². The zero-order valence-electron chi connectivity index (χ0n) is 13.9. The van der Waals surface area contributed by atoms with Crippen LogP contribution in [0.2, 0.25) is 0 Å². The highest BCUT2D eigenvalue weighted by molar-refractivity contribution is 5.92. The van der Waals surface area contributed by atoms with Gasteiger partial charge in [0.25, 0.3) is 5.91 Å². The van der Waals surface area contributed by atoms with Gasteiger partial charge < -0.3 is 15.2 Å². The lowest BCUT2D eigenvalue weighted by Crippen LogP contribution is -2.48. The highest BCUT2D eigenvalue weighted by atomic mass is 16.2. The fraction of sp³-hybridized carbons (Fsp3) is 0.667. The summed E-state index contributed by atoms with van der Waals surface area (Å²) >= 11 is 0. The number of aromatic nitrogens is 1. The zero-order valence-corrected chi connectivity index (χ0v) is 13.9. The molecule has 3 rings (SSSR count). The number of amides is 1. The van der Waals surface area contributed by atoms with E-state index in [2.05, 4.69) is 15.2 Å².